The number of ether oxygens (including phenoxy) is 2. The summed E-state index contributed by atoms with van der Waals surface area (Å²) in [5.41, 5.74) is 8.18. The summed E-state index contributed by atoms with van der Waals surface area (Å²) in [5.74, 6) is 1.27. The first-order valence-electron chi connectivity index (χ1n) is 13.3. The van der Waals surface area contributed by atoms with Gasteiger partial charge in [0, 0.05) is 34.2 Å². The smallest absolute Gasteiger partial charge is 0.162 e. The number of halogens is 2. The average molecular weight is 539 g/mol. The molecule has 0 amide bonds. The molecule has 0 saturated heterocycles. The van der Waals surface area contributed by atoms with Crippen molar-refractivity contribution in [1.82, 2.24) is 9.88 Å². The molecule has 0 bridgehead atoms. The highest BCUT2D eigenvalue weighted by atomic mass is 35.5. The zero-order valence-corrected chi connectivity index (χ0v) is 22.3. The molecule has 196 valence electrons. The Labute approximate surface area is 231 Å². The maximum Gasteiger partial charge on any atom is 0.162 e. The van der Waals surface area contributed by atoms with Gasteiger partial charge < -0.3 is 14.5 Å². The second-order valence-corrected chi connectivity index (χ2v) is 10.8. The number of rotatable bonds is 5. The number of H-pyrrole nitrogens is 1. The second-order valence-electron chi connectivity index (χ2n) is 10.3. The van der Waals surface area contributed by atoms with E-state index >= 15 is 0 Å². The normalized spacial score (nSPS) is 18.3. The van der Waals surface area contributed by atoms with Crippen molar-refractivity contribution in [2.45, 2.75) is 31.5 Å². The van der Waals surface area contributed by atoms with Gasteiger partial charge in [0.05, 0.1) is 13.2 Å². The molecule has 4 aromatic carbocycles. The maximum absolute atomic E-state index is 13.9. The van der Waals surface area contributed by atoms with Crippen LogP contribution in [0.1, 0.15) is 45.6 Å². The number of aromatic nitrogens is 1. The molecule has 0 aliphatic carbocycles. The van der Waals surface area contributed by atoms with E-state index in [0.717, 1.165) is 53.2 Å². The minimum absolute atomic E-state index is 0.0329. The molecule has 4 nitrogen and oxygen atoms in total. The Balaban J connectivity index is 1.34. The predicted molar refractivity (Wildman–Crippen MR) is 152 cm³/mol. The third-order valence-electron chi connectivity index (χ3n) is 8.15. The highest BCUT2D eigenvalue weighted by Gasteiger charge is 2.41. The van der Waals surface area contributed by atoms with Crippen LogP contribution in [0.2, 0.25) is 5.02 Å². The van der Waals surface area contributed by atoms with E-state index in [1.54, 1.807) is 19.2 Å². The zero-order chi connectivity index (χ0) is 26.5. The third kappa shape index (κ3) is 4.26. The minimum atomic E-state index is -0.231. The molecule has 5 aromatic rings. The van der Waals surface area contributed by atoms with Crippen LogP contribution < -0.4 is 9.47 Å². The Bertz CT molecular complexity index is 1670. The number of nitrogens with one attached hydrogen (secondary N) is 1. The molecule has 0 radical (unpaired) electrons. The van der Waals surface area contributed by atoms with Crippen LogP contribution in [-0.4, -0.2) is 23.5 Å². The van der Waals surface area contributed by atoms with Gasteiger partial charge in [0.25, 0.3) is 0 Å². The first-order chi connectivity index (χ1) is 19.1. The van der Waals surface area contributed by atoms with Crippen LogP contribution in [-0.2, 0) is 19.4 Å². The van der Waals surface area contributed by atoms with Gasteiger partial charge in [0.1, 0.15) is 12.4 Å². The molecule has 6 heteroatoms. The molecule has 0 fully saturated rings. The SMILES string of the molecule is COc1cc2c(cc1OCc1ccccc1)C1Cc3c([nH]c4cc(Cl)ccc34)C(c3ccc(F)cc3)N1CC2. The van der Waals surface area contributed by atoms with Crippen LogP contribution in [0, 0.1) is 5.82 Å². The van der Waals surface area contributed by atoms with Crippen molar-refractivity contribution in [2.24, 2.45) is 0 Å². The highest BCUT2D eigenvalue weighted by molar-refractivity contribution is 6.31. The topological polar surface area (TPSA) is 37.5 Å². The van der Waals surface area contributed by atoms with E-state index in [0.29, 0.717) is 11.6 Å². The molecule has 2 unspecified atom stereocenters. The van der Waals surface area contributed by atoms with Gasteiger partial charge in [-0.05, 0) is 77.1 Å². The van der Waals surface area contributed by atoms with Crippen molar-refractivity contribution >= 4 is 22.5 Å². The van der Waals surface area contributed by atoms with Crippen molar-refractivity contribution in [3.05, 3.63) is 129 Å². The van der Waals surface area contributed by atoms with E-state index in [9.17, 15) is 4.39 Å². The van der Waals surface area contributed by atoms with Gasteiger partial charge in [-0.25, -0.2) is 4.39 Å². The maximum atomic E-state index is 13.9. The van der Waals surface area contributed by atoms with E-state index in [1.165, 1.54) is 22.1 Å². The molecule has 2 aliphatic rings. The van der Waals surface area contributed by atoms with Crippen molar-refractivity contribution in [3.63, 3.8) is 0 Å². The van der Waals surface area contributed by atoms with Gasteiger partial charge in [-0.3, -0.25) is 4.90 Å². The Hall–Kier alpha value is -3.80. The van der Waals surface area contributed by atoms with Crippen molar-refractivity contribution < 1.29 is 13.9 Å². The molecule has 0 saturated carbocycles. The van der Waals surface area contributed by atoms with Crippen LogP contribution in [0.5, 0.6) is 11.5 Å². The standard InChI is InChI=1S/C33H28ClFN2O2/c1-38-30-15-22-13-14-37-29(26(22)18-31(30)39-19-20-5-3-2-4-6-20)17-27-25-12-9-23(34)16-28(25)36-32(27)33(37)21-7-10-24(35)11-8-21/h2-12,15-16,18,29,33,36H,13-14,17,19H2,1H3. The molecule has 2 atom stereocenters. The largest absolute Gasteiger partial charge is 0.493 e. The molecule has 3 heterocycles. The van der Waals surface area contributed by atoms with E-state index in [-0.39, 0.29) is 17.9 Å². The monoisotopic (exact) mass is 538 g/mol. The van der Waals surface area contributed by atoms with Gasteiger partial charge in [-0.15, -0.1) is 0 Å². The Kier molecular flexibility index (Phi) is 6.06. The van der Waals surface area contributed by atoms with Crippen molar-refractivity contribution in [1.29, 1.82) is 0 Å². The summed E-state index contributed by atoms with van der Waals surface area (Å²) in [6.45, 7) is 1.35. The van der Waals surface area contributed by atoms with Crippen LogP contribution in [0.15, 0.2) is 84.9 Å². The number of hydrogen-bond acceptors (Lipinski definition) is 3. The highest BCUT2D eigenvalue weighted by Crippen LogP contribution is 2.49. The van der Waals surface area contributed by atoms with Gasteiger partial charge in [0.15, 0.2) is 11.5 Å². The lowest BCUT2D eigenvalue weighted by molar-refractivity contribution is 0.127. The predicted octanol–water partition coefficient (Wildman–Crippen LogP) is 7.79. The Morgan fingerprint density at radius 3 is 2.59 bits per heavy atom. The van der Waals surface area contributed by atoms with E-state index in [1.807, 2.05) is 42.5 Å². The van der Waals surface area contributed by atoms with E-state index in [2.05, 4.69) is 40.2 Å². The van der Waals surface area contributed by atoms with E-state index < -0.39 is 0 Å². The fourth-order valence-electron chi connectivity index (χ4n) is 6.34. The number of hydrogen-bond donors (Lipinski definition) is 1. The first kappa shape index (κ1) is 24.3. The number of fused-ring (bicyclic) bond motifs is 6. The lowest BCUT2D eigenvalue weighted by atomic mass is 9.80. The number of benzene rings is 4. The molecule has 7 rings (SSSR count). The van der Waals surface area contributed by atoms with Crippen LogP contribution >= 0.6 is 11.6 Å². The second kappa shape index (κ2) is 9.74. The minimum Gasteiger partial charge on any atom is -0.493 e. The number of methoxy groups -OCH3 is 1. The van der Waals surface area contributed by atoms with E-state index in [4.69, 9.17) is 21.1 Å². The quantitative estimate of drug-likeness (QED) is 0.248. The van der Waals surface area contributed by atoms with Crippen molar-refractivity contribution in [3.8, 4) is 11.5 Å². The summed E-state index contributed by atoms with van der Waals surface area (Å²) in [7, 11) is 1.70. The number of nitrogens with zero attached hydrogens (tertiary/aromatic N) is 1. The van der Waals surface area contributed by atoms with Gasteiger partial charge >= 0.3 is 0 Å². The fraction of sp³-hybridized carbons (Fsp3) is 0.212. The third-order valence-corrected chi connectivity index (χ3v) is 8.39. The summed E-state index contributed by atoms with van der Waals surface area (Å²) in [4.78, 5) is 6.22. The Morgan fingerprint density at radius 2 is 1.79 bits per heavy atom. The van der Waals surface area contributed by atoms with Crippen LogP contribution in [0.3, 0.4) is 0 Å². The van der Waals surface area contributed by atoms with Crippen LogP contribution in [0.25, 0.3) is 10.9 Å². The summed E-state index contributed by atoms with van der Waals surface area (Å²) in [6.07, 6.45) is 1.74. The molecule has 39 heavy (non-hydrogen) atoms. The lowest BCUT2D eigenvalue weighted by Gasteiger charge is -2.46. The average Bonchev–Trinajstić information content (AvgIpc) is 3.32. The molecule has 1 aromatic heterocycles. The summed E-state index contributed by atoms with van der Waals surface area (Å²) < 4.78 is 26.0. The zero-order valence-electron chi connectivity index (χ0n) is 21.6. The Morgan fingerprint density at radius 1 is 0.974 bits per heavy atom. The molecule has 2 aliphatic heterocycles. The molecular weight excluding hydrogens is 511 g/mol. The van der Waals surface area contributed by atoms with Crippen LogP contribution in [0.4, 0.5) is 4.39 Å². The fourth-order valence-corrected chi connectivity index (χ4v) is 6.51. The summed E-state index contributed by atoms with van der Waals surface area (Å²) in [5, 5.41) is 1.89. The molecule has 0 spiro atoms. The van der Waals surface area contributed by atoms with Gasteiger partial charge in [0.2, 0.25) is 0 Å². The van der Waals surface area contributed by atoms with Gasteiger partial charge in [-0.2, -0.15) is 0 Å². The first-order valence-corrected chi connectivity index (χ1v) is 13.7. The number of aromatic amines is 1. The van der Waals surface area contributed by atoms with Gasteiger partial charge in [-0.1, -0.05) is 60.1 Å². The lowest BCUT2D eigenvalue weighted by Crippen LogP contribution is -2.43. The molecular formula is C33H28ClFN2O2. The van der Waals surface area contributed by atoms with Crippen molar-refractivity contribution in [2.75, 3.05) is 13.7 Å². The summed E-state index contributed by atoms with van der Waals surface area (Å²) in [6, 6.07) is 27.5. The molecule has 1 N–H and O–H groups in total. The summed E-state index contributed by atoms with van der Waals surface area (Å²) >= 11 is 6.36.